The number of piperidine rings is 1. The number of likely N-dealkylation sites (tertiary alicyclic amines) is 1. The average Bonchev–Trinajstić information content (AvgIpc) is 2.54. The fraction of sp³-hybridized carbons (Fsp3) is 0.632. The van der Waals surface area contributed by atoms with Crippen molar-refractivity contribution in [2.75, 3.05) is 13.1 Å². The van der Waals surface area contributed by atoms with E-state index in [1.807, 2.05) is 17.0 Å². The van der Waals surface area contributed by atoms with Crippen molar-refractivity contribution in [3.8, 4) is 0 Å². The standard InChI is InChI=1S/C19H29N3O2/c1-13(2)10-21-19(24)16-7-8-17(23)22(12-14(3)4)18(16)15-6-5-9-20-11-15/h5-6,9,11,13-14,16,18H,7-8,10,12H2,1-4H3,(H,21,24). The summed E-state index contributed by atoms with van der Waals surface area (Å²) in [6, 6.07) is 3.60. The fourth-order valence-corrected chi connectivity index (χ4v) is 3.24. The van der Waals surface area contributed by atoms with Crippen LogP contribution in [0.1, 0.15) is 52.1 Å². The molecule has 0 spiro atoms. The molecule has 0 saturated carbocycles. The number of amides is 2. The van der Waals surface area contributed by atoms with Crippen LogP contribution in [-0.2, 0) is 9.59 Å². The molecule has 24 heavy (non-hydrogen) atoms. The first kappa shape index (κ1) is 18.4. The van der Waals surface area contributed by atoms with Crippen LogP contribution in [0.15, 0.2) is 24.5 Å². The summed E-state index contributed by atoms with van der Waals surface area (Å²) in [5.74, 6) is 0.710. The van der Waals surface area contributed by atoms with Gasteiger partial charge in [0.2, 0.25) is 11.8 Å². The Morgan fingerprint density at radius 3 is 2.67 bits per heavy atom. The highest BCUT2D eigenvalue weighted by atomic mass is 16.2. The first-order chi connectivity index (χ1) is 11.4. The van der Waals surface area contributed by atoms with Crippen molar-refractivity contribution in [2.45, 2.75) is 46.6 Å². The number of nitrogens with one attached hydrogen (secondary N) is 1. The van der Waals surface area contributed by atoms with Crippen molar-refractivity contribution in [1.82, 2.24) is 15.2 Å². The normalized spacial score (nSPS) is 21.4. The molecule has 2 amide bonds. The summed E-state index contributed by atoms with van der Waals surface area (Å²) in [4.78, 5) is 31.4. The molecule has 5 heteroatoms. The Labute approximate surface area is 144 Å². The monoisotopic (exact) mass is 331 g/mol. The smallest absolute Gasteiger partial charge is 0.225 e. The number of nitrogens with zero attached hydrogens (tertiary/aromatic N) is 2. The van der Waals surface area contributed by atoms with Crippen molar-refractivity contribution in [1.29, 1.82) is 0 Å². The van der Waals surface area contributed by atoms with E-state index in [4.69, 9.17) is 0 Å². The summed E-state index contributed by atoms with van der Waals surface area (Å²) in [5, 5.41) is 3.04. The van der Waals surface area contributed by atoms with Gasteiger partial charge in [0.05, 0.1) is 12.0 Å². The number of pyridine rings is 1. The third-order valence-corrected chi connectivity index (χ3v) is 4.32. The molecule has 0 aromatic carbocycles. The van der Waals surface area contributed by atoms with Gasteiger partial charge in [0.25, 0.3) is 0 Å². The van der Waals surface area contributed by atoms with Gasteiger partial charge in [-0.2, -0.15) is 0 Å². The molecule has 132 valence electrons. The van der Waals surface area contributed by atoms with E-state index in [0.717, 1.165) is 5.56 Å². The molecule has 2 unspecified atom stereocenters. The van der Waals surface area contributed by atoms with E-state index in [-0.39, 0.29) is 23.8 Å². The van der Waals surface area contributed by atoms with E-state index >= 15 is 0 Å². The van der Waals surface area contributed by atoms with Crippen molar-refractivity contribution >= 4 is 11.8 Å². The lowest BCUT2D eigenvalue weighted by atomic mass is 9.83. The van der Waals surface area contributed by atoms with Gasteiger partial charge in [-0.1, -0.05) is 33.8 Å². The summed E-state index contributed by atoms with van der Waals surface area (Å²) in [5.41, 5.74) is 0.941. The van der Waals surface area contributed by atoms with E-state index in [2.05, 4.69) is 38.0 Å². The average molecular weight is 331 g/mol. The predicted octanol–water partition coefficient (Wildman–Crippen LogP) is 2.79. The molecule has 0 aliphatic carbocycles. The highest BCUT2D eigenvalue weighted by Crippen LogP contribution is 2.37. The van der Waals surface area contributed by atoms with E-state index < -0.39 is 0 Å². The summed E-state index contributed by atoms with van der Waals surface area (Å²) in [6.45, 7) is 9.66. The molecule has 1 aromatic heterocycles. The topological polar surface area (TPSA) is 62.3 Å². The van der Waals surface area contributed by atoms with Gasteiger partial charge in [0.15, 0.2) is 0 Å². The van der Waals surface area contributed by atoms with Gasteiger partial charge >= 0.3 is 0 Å². The summed E-state index contributed by atoms with van der Waals surface area (Å²) >= 11 is 0. The minimum Gasteiger partial charge on any atom is -0.356 e. The minimum absolute atomic E-state index is 0.0406. The maximum Gasteiger partial charge on any atom is 0.225 e. The largest absolute Gasteiger partial charge is 0.356 e. The zero-order valence-corrected chi connectivity index (χ0v) is 15.2. The fourth-order valence-electron chi connectivity index (χ4n) is 3.24. The Bertz CT molecular complexity index is 557. The molecule has 1 aliphatic heterocycles. The van der Waals surface area contributed by atoms with Crippen LogP contribution in [0.4, 0.5) is 0 Å². The minimum atomic E-state index is -0.227. The van der Waals surface area contributed by atoms with Gasteiger partial charge in [-0.25, -0.2) is 0 Å². The molecule has 5 nitrogen and oxygen atoms in total. The molecule has 0 bridgehead atoms. The van der Waals surface area contributed by atoms with Crippen LogP contribution < -0.4 is 5.32 Å². The van der Waals surface area contributed by atoms with Crippen LogP contribution in [0.25, 0.3) is 0 Å². The lowest BCUT2D eigenvalue weighted by molar-refractivity contribution is -0.144. The summed E-state index contributed by atoms with van der Waals surface area (Å²) in [6.07, 6.45) is 4.52. The predicted molar refractivity (Wildman–Crippen MR) is 94.1 cm³/mol. The highest BCUT2D eigenvalue weighted by molar-refractivity contribution is 5.85. The zero-order chi connectivity index (χ0) is 17.7. The van der Waals surface area contributed by atoms with E-state index in [9.17, 15) is 9.59 Å². The molecule has 2 heterocycles. The third-order valence-electron chi connectivity index (χ3n) is 4.32. The molecule has 1 aromatic rings. The zero-order valence-electron chi connectivity index (χ0n) is 15.2. The Balaban J connectivity index is 2.30. The molecule has 1 saturated heterocycles. The van der Waals surface area contributed by atoms with Gasteiger partial charge in [-0.3, -0.25) is 14.6 Å². The van der Waals surface area contributed by atoms with Gasteiger partial charge in [-0.05, 0) is 29.9 Å². The van der Waals surface area contributed by atoms with E-state index in [1.165, 1.54) is 0 Å². The molecule has 1 N–H and O–H groups in total. The highest BCUT2D eigenvalue weighted by Gasteiger charge is 2.40. The lowest BCUT2D eigenvalue weighted by Gasteiger charge is -2.41. The Morgan fingerprint density at radius 2 is 2.08 bits per heavy atom. The van der Waals surface area contributed by atoms with Gasteiger partial charge in [-0.15, -0.1) is 0 Å². The van der Waals surface area contributed by atoms with Crippen LogP contribution in [0.5, 0.6) is 0 Å². The van der Waals surface area contributed by atoms with Crippen LogP contribution in [-0.4, -0.2) is 34.8 Å². The van der Waals surface area contributed by atoms with Crippen molar-refractivity contribution in [2.24, 2.45) is 17.8 Å². The van der Waals surface area contributed by atoms with Gasteiger partial charge < -0.3 is 10.2 Å². The number of rotatable bonds is 6. The number of hydrogen-bond donors (Lipinski definition) is 1. The molecule has 2 atom stereocenters. The van der Waals surface area contributed by atoms with Crippen molar-refractivity contribution in [3.05, 3.63) is 30.1 Å². The summed E-state index contributed by atoms with van der Waals surface area (Å²) < 4.78 is 0. The quantitative estimate of drug-likeness (QED) is 0.872. The molecular formula is C19H29N3O2. The Kier molecular flexibility index (Phi) is 6.35. The SMILES string of the molecule is CC(C)CNC(=O)C1CCC(=O)N(CC(C)C)C1c1cccnc1. The number of carbonyl (C=O) groups is 2. The molecule has 1 aliphatic rings. The van der Waals surface area contributed by atoms with Crippen LogP contribution >= 0.6 is 0 Å². The first-order valence-corrected chi connectivity index (χ1v) is 8.87. The molecular weight excluding hydrogens is 302 g/mol. The summed E-state index contributed by atoms with van der Waals surface area (Å²) in [7, 11) is 0. The lowest BCUT2D eigenvalue weighted by Crippen LogP contribution is -2.49. The Morgan fingerprint density at radius 1 is 1.33 bits per heavy atom. The molecule has 0 radical (unpaired) electrons. The van der Waals surface area contributed by atoms with Crippen LogP contribution in [0, 0.1) is 17.8 Å². The van der Waals surface area contributed by atoms with E-state index in [0.29, 0.717) is 37.8 Å². The van der Waals surface area contributed by atoms with Gasteiger partial charge in [0.1, 0.15) is 0 Å². The molecule has 2 rings (SSSR count). The second-order valence-corrected chi connectivity index (χ2v) is 7.46. The number of hydrogen-bond acceptors (Lipinski definition) is 3. The second-order valence-electron chi connectivity index (χ2n) is 7.46. The third kappa shape index (κ3) is 4.56. The first-order valence-electron chi connectivity index (χ1n) is 8.87. The van der Waals surface area contributed by atoms with Crippen molar-refractivity contribution in [3.63, 3.8) is 0 Å². The van der Waals surface area contributed by atoms with Gasteiger partial charge in [0, 0.05) is 31.9 Å². The van der Waals surface area contributed by atoms with Crippen LogP contribution in [0.2, 0.25) is 0 Å². The van der Waals surface area contributed by atoms with E-state index in [1.54, 1.807) is 12.4 Å². The van der Waals surface area contributed by atoms with Crippen LogP contribution in [0.3, 0.4) is 0 Å². The number of carbonyl (C=O) groups excluding carboxylic acids is 2. The number of aromatic nitrogens is 1. The maximum atomic E-state index is 12.8. The van der Waals surface area contributed by atoms with Crippen molar-refractivity contribution < 1.29 is 9.59 Å². The molecule has 1 fully saturated rings. The maximum absolute atomic E-state index is 12.8. The Hall–Kier alpha value is -1.91. The second kappa shape index (κ2) is 8.27.